The number of hydrogen-bond acceptors (Lipinski definition) is 12. The van der Waals surface area contributed by atoms with Crippen LogP contribution in [0.15, 0.2) is 24.3 Å². The quantitative estimate of drug-likeness (QED) is 0.0566. The molecule has 3 aromatic rings. The maximum absolute atomic E-state index is 12.3. The summed E-state index contributed by atoms with van der Waals surface area (Å²) in [6, 6.07) is 5.36. The number of aryl methyl sites for hydroxylation is 2. The number of carbonyl (C=O) groups is 8. The first kappa shape index (κ1) is 44.4. The van der Waals surface area contributed by atoms with Gasteiger partial charge in [0.05, 0.1) is 54.9 Å². The summed E-state index contributed by atoms with van der Waals surface area (Å²) in [4.78, 5) is 116. The molecular weight excluding hydrogens is 808 g/mol. The number of H-pyrrole nitrogens is 2. The number of allylic oxidation sites excluding steroid dienone is 2. The molecule has 21 heteroatoms. The third-order valence-electron chi connectivity index (χ3n) is 9.90. The Morgan fingerprint density at radius 2 is 0.754 bits per heavy atom. The van der Waals surface area contributed by atoms with Gasteiger partial charge in [-0.2, -0.15) is 5.26 Å². The minimum Gasteiger partial charge on any atom is -0.481 e. The Hall–Kier alpha value is -7.68. The molecule has 21 nitrogen and oxygen atoms in total. The number of nitrogens with zero attached hydrogens (tertiary/aromatic N) is 2. The first-order chi connectivity index (χ1) is 28.8. The molecule has 0 aromatic carbocycles. The van der Waals surface area contributed by atoms with E-state index in [9.17, 15) is 74.1 Å². The van der Waals surface area contributed by atoms with Gasteiger partial charge in [-0.3, -0.25) is 33.6 Å². The van der Waals surface area contributed by atoms with E-state index in [1.54, 1.807) is 0 Å². The number of carboxylic acid groups (broad SMARTS) is 7. The predicted octanol–water partition coefficient (Wildman–Crippen LogP) is 4.04. The first-order valence-electron chi connectivity index (χ1n) is 18.4. The molecule has 0 saturated carbocycles. The Morgan fingerprint density at radius 3 is 1.15 bits per heavy atom. The van der Waals surface area contributed by atoms with Crippen molar-refractivity contribution in [2.45, 2.75) is 77.0 Å². The number of aromatic nitrogens is 4. The van der Waals surface area contributed by atoms with Crippen molar-refractivity contribution < 1.29 is 84.2 Å². The standard InChI is InChI=1S/C40H38N4O17/c45-33(46)5-1-17-21(9-36(51)52)29-14-27-18(2-6-34(47)48)22(10-37(53)54)30(43-27)15-28-19(3-7-35(49)50)23(11-38(55)56)31(44-28)16-32-24(12-39(57)58)20(4-8-40(59)61-60)26(42-32)13-25(17)41-29/h13-16,41,43,60H,1-12H2,(H,45,46)(H,47,48)(H,49,50)(H,51,52)(H,53,54)(H,55,56)(H,57,58). The molecule has 3 aromatic heterocycles. The highest BCUT2D eigenvalue weighted by Crippen LogP contribution is 2.40. The lowest BCUT2D eigenvalue weighted by atomic mass is 9.95. The Morgan fingerprint density at radius 1 is 0.410 bits per heavy atom. The summed E-state index contributed by atoms with van der Waals surface area (Å²) < 4.78 is 0. The predicted molar refractivity (Wildman–Crippen MR) is 209 cm³/mol. The van der Waals surface area contributed by atoms with Crippen LogP contribution in [0.3, 0.4) is 0 Å². The van der Waals surface area contributed by atoms with Gasteiger partial charge in [-0.1, -0.05) is 0 Å². The van der Waals surface area contributed by atoms with Gasteiger partial charge in [-0.25, -0.2) is 14.8 Å². The molecule has 61 heavy (non-hydrogen) atoms. The lowest BCUT2D eigenvalue weighted by Gasteiger charge is -2.07. The van der Waals surface area contributed by atoms with Crippen LogP contribution in [0.1, 0.15) is 96.4 Å². The monoisotopic (exact) mass is 846 g/mol. The van der Waals surface area contributed by atoms with Crippen LogP contribution in [-0.4, -0.2) is 109 Å². The van der Waals surface area contributed by atoms with Crippen molar-refractivity contribution in [1.82, 2.24) is 19.9 Å². The van der Waals surface area contributed by atoms with Crippen molar-refractivity contribution in [3.63, 3.8) is 0 Å². The molecule has 0 amide bonds. The number of fused-ring (bicyclic) bond motifs is 8. The van der Waals surface area contributed by atoms with Gasteiger partial charge in [0.25, 0.3) is 0 Å². The van der Waals surface area contributed by atoms with Crippen molar-refractivity contribution in [3.8, 4) is 0 Å². The fourth-order valence-electron chi connectivity index (χ4n) is 7.41. The number of aromatic amines is 2. The molecule has 320 valence electrons. The second kappa shape index (κ2) is 18.9. The van der Waals surface area contributed by atoms with E-state index >= 15 is 0 Å². The zero-order chi connectivity index (χ0) is 44.7. The molecule has 0 aliphatic carbocycles. The van der Waals surface area contributed by atoms with Gasteiger partial charge >= 0.3 is 47.8 Å². The van der Waals surface area contributed by atoms with Gasteiger partial charge < -0.3 is 50.6 Å². The molecule has 0 radical (unpaired) electrons. The number of nitrogens with one attached hydrogen (secondary N) is 2. The van der Waals surface area contributed by atoms with Gasteiger partial charge in [0.15, 0.2) is 0 Å². The lowest BCUT2D eigenvalue weighted by Crippen LogP contribution is -2.05. The number of rotatable bonds is 20. The average molecular weight is 847 g/mol. The smallest absolute Gasteiger partial charge is 0.342 e. The maximum Gasteiger partial charge on any atom is 0.342 e. The summed E-state index contributed by atoms with van der Waals surface area (Å²) in [5.41, 5.74) is 0.902. The van der Waals surface area contributed by atoms with E-state index in [2.05, 4.69) is 24.8 Å². The fourth-order valence-corrected chi connectivity index (χ4v) is 7.41. The molecular formula is C40H38N4O17. The third kappa shape index (κ3) is 10.9. The van der Waals surface area contributed by atoms with E-state index in [0.29, 0.717) is 0 Å². The molecule has 0 spiro atoms. The second-order valence-corrected chi connectivity index (χ2v) is 14.0. The van der Waals surface area contributed by atoms with Crippen LogP contribution >= 0.6 is 0 Å². The van der Waals surface area contributed by atoms with E-state index in [1.807, 2.05) is 0 Å². The van der Waals surface area contributed by atoms with E-state index in [1.165, 1.54) is 24.3 Å². The van der Waals surface area contributed by atoms with Crippen LogP contribution < -0.4 is 0 Å². The summed E-state index contributed by atoms with van der Waals surface area (Å²) >= 11 is 0. The molecule has 2 aliphatic rings. The molecule has 5 rings (SSSR count). The molecule has 2 aliphatic heterocycles. The molecule has 0 unspecified atom stereocenters. The van der Waals surface area contributed by atoms with Crippen LogP contribution in [0.2, 0.25) is 0 Å². The van der Waals surface area contributed by atoms with E-state index < -0.39 is 99.1 Å². The summed E-state index contributed by atoms with van der Waals surface area (Å²) in [5, 5.41) is 78.1. The number of carboxylic acids is 7. The second-order valence-electron chi connectivity index (χ2n) is 14.0. The van der Waals surface area contributed by atoms with Crippen LogP contribution in [-0.2, 0) is 68.9 Å². The summed E-state index contributed by atoms with van der Waals surface area (Å²) in [7, 11) is 0. The molecule has 10 N–H and O–H groups in total. The van der Waals surface area contributed by atoms with Crippen molar-refractivity contribution in [2.24, 2.45) is 0 Å². The van der Waals surface area contributed by atoms with Gasteiger partial charge in [0.1, 0.15) is 0 Å². The molecule has 0 fully saturated rings. The normalized spacial score (nSPS) is 12.3. The fraction of sp³-hybridized carbons (Fsp3) is 0.300. The Bertz CT molecular complexity index is 2610. The van der Waals surface area contributed by atoms with Gasteiger partial charge in [0, 0.05) is 41.3 Å². The van der Waals surface area contributed by atoms with Gasteiger partial charge in [-0.05, 0) is 94.5 Å². The summed E-state index contributed by atoms with van der Waals surface area (Å²) in [6.07, 6.45) is -5.86. The zero-order valence-electron chi connectivity index (χ0n) is 31.9. The lowest BCUT2D eigenvalue weighted by molar-refractivity contribution is -0.234. The zero-order valence-corrected chi connectivity index (χ0v) is 31.9. The van der Waals surface area contributed by atoms with Gasteiger partial charge in [0.2, 0.25) is 0 Å². The Balaban J connectivity index is 2.09. The first-order valence-corrected chi connectivity index (χ1v) is 18.4. The summed E-state index contributed by atoms with van der Waals surface area (Å²) in [6.45, 7) is 0. The van der Waals surface area contributed by atoms with Crippen LogP contribution in [0, 0.1) is 0 Å². The molecule has 5 heterocycles. The largest absolute Gasteiger partial charge is 0.481 e. The van der Waals surface area contributed by atoms with E-state index in [-0.39, 0.29) is 115 Å². The highest BCUT2D eigenvalue weighted by atomic mass is 17.1. The van der Waals surface area contributed by atoms with Crippen molar-refractivity contribution in [3.05, 3.63) is 69.3 Å². The Labute approximate surface area is 342 Å². The summed E-state index contributed by atoms with van der Waals surface area (Å²) in [5.74, 6) is -10.2. The number of hydrogen-bond donors (Lipinski definition) is 10. The van der Waals surface area contributed by atoms with Crippen molar-refractivity contribution >= 4 is 92.1 Å². The highest BCUT2D eigenvalue weighted by Gasteiger charge is 2.28. The van der Waals surface area contributed by atoms with Crippen LogP contribution in [0.5, 0.6) is 0 Å². The van der Waals surface area contributed by atoms with E-state index in [4.69, 9.17) is 5.26 Å². The Kier molecular flexibility index (Phi) is 13.8. The van der Waals surface area contributed by atoms with E-state index in [0.717, 1.165) is 0 Å². The third-order valence-corrected chi connectivity index (χ3v) is 9.90. The average Bonchev–Trinajstić information content (AvgIpc) is 3.84. The number of carbonyl (C=O) groups excluding carboxylic acids is 1. The minimum absolute atomic E-state index is 0.00675. The molecule has 8 bridgehead atoms. The van der Waals surface area contributed by atoms with Crippen molar-refractivity contribution in [1.29, 1.82) is 0 Å². The van der Waals surface area contributed by atoms with Crippen LogP contribution in [0.4, 0.5) is 0 Å². The maximum atomic E-state index is 12.3. The number of aliphatic carboxylic acids is 7. The van der Waals surface area contributed by atoms with Gasteiger partial charge in [-0.15, -0.1) is 0 Å². The van der Waals surface area contributed by atoms with Crippen molar-refractivity contribution in [2.75, 3.05) is 0 Å². The molecule has 0 saturated heterocycles. The minimum atomic E-state index is -1.36. The SMILES string of the molecule is O=C(O)CCC1=C(CC(=O)O)c2cc3nc(cc4[nH]c(cc5[nH]c(cc1n2)c(CC(=O)O)c5CCC(=O)O)c(CC(=O)O)c4CCC(=O)O)C(CCC(=O)OO)=C3CC(=O)O. The topological polar surface area (TPSA) is 365 Å². The highest BCUT2D eigenvalue weighted by molar-refractivity contribution is 6.03. The van der Waals surface area contributed by atoms with Crippen LogP contribution in [0.25, 0.3) is 44.4 Å². The molecule has 0 atom stereocenters.